The number of anilines is 2. The topological polar surface area (TPSA) is 98.3 Å². The highest BCUT2D eigenvalue weighted by molar-refractivity contribution is 6.74. The summed E-state index contributed by atoms with van der Waals surface area (Å²) in [6.45, 7) is 13.0. The third-order valence-electron chi connectivity index (χ3n) is 7.44. The van der Waals surface area contributed by atoms with Gasteiger partial charge in [0.2, 0.25) is 5.91 Å². The molecule has 3 aromatic heterocycles. The fourth-order valence-corrected chi connectivity index (χ4v) is 5.71. The summed E-state index contributed by atoms with van der Waals surface area (Å²) in [5.74, 6) is 0.268. The second-order valence-corrected chi connectivity index (χ2v) is 16.2. The van der Waals surface area contributed by atoms with Crippen molar-refractivity contribution in [3.05, 3.63) is 29.9 Å². The summed E-state index contributed by atoms with van der Waals surface area (Å²) < 4.78 is 14.1. The fraction of sp³-hybridized carbons (Fsp3) is 0.600. The van der Waals surface area contributed by atoms with Crippen LogP contribution < -0.4 is 10.2 Å². The number of nitrogens with zero attached hydrogens (tertiary/aromatic N) is 5. The Morgan fingerprint density at radius 2 is 2.03 bits per heavy atom. The Balaban J connectivity index is 1.21. The lowest BCUT2D eigenvalue weighted by molar-refractivity contribution is -0.115. The van der Waals surface area contributed by atoms with Crippen LogP contribution in [0.3, 0.4) is 0 Å². The van der Waals surface area contributed by atoms with Gasteiger partial charge in [0.25, 0.3) is 6.01 Å². The van der Waals surface area contributed by atoms with Crippen molar-refractivity contribution in [2.24, 2.45) is 7.05 Å². The van der Waals surface area contributed by atoms with Crippen LogP contribution in [0.2, 0.25) is 18.1 Å². The van der Waals surface area contributed by atoms with Crippen molar-refractivity contribution in [2.75, 3.05) is 23.3 Å². The van der Waals surface area contributed by atoms with Gasteiger partial charge in [-0.15, -0.1) is 0 Å². The maximum absolute atomic E-state index is 12.9. The number of oxazole rings is 1. The summed E-state index contributed by atoms with van der Waals surface area (Å²) >= 11 is 0. The predicted molar refractivity (Wildman–Crippen MR) is 138 cm³/mol. The summed E-state index contributed by atoms with van der Waals surface area (Å²) in [4.78, 5) is 24.3. The van der Waals surface area contributed by atoms with E-state index in [0.29, 0.717) is 17.6 Å². The third-order valence-corrected chi connectivity index (χ3v) is 12.0. The lowest BCUT2D eigenvalue weighted by Crippen LogP contribution is -2.44. The van der Waals surface area contributed by atoms with Gasteiger partial charge in [0, 0.05) is 37.6 Å². The van der Waals surface area contributed by atoms with E-state index in [0.717, 1.165) is 54.8 Å². The number of carbonyl (C=O) groups excluding carboxylic acids is 1. The molecule has 0 radical (unpaired) electrons. The van der Waals surface area contributed by atoms with Crippen molar-refractivity contribution in [1.29, 1.82) is 0 Å². The first-order valence-electron chi connectivity index (χ1n) is 12.5. The van der Waals surface area contributed by atoms with E-state index in [9.17, 15) is 4.79 Å². The largest absolute Gasteiger partial charge is 0.432 e. The van der Waals surface area contributed by atoms with Gasteiger partial charge in [-0.2, -0.15) is 10.1 Å². The second-order valence-electron chi connectivity index (χ2n) is 11.5. The zero-order chi connectivity index (χ0) is 25.0. The van der Waals surface area contributed by atoms with E-state index < -0.39 is 8.32 Å². The predicted octanol–water partition coefficient (Wildman–Crippen LogP) is 4.62. The van der Waals surface area contributed by atoms with Crippen LogP contribution in [-0.4, -0.2) is 53.2 Å². The van der Waals surface area contributed by atoms with E-state index in [4.69, 9.17) is 13.8 Å². The van der Waals surface area contributed by atoms with Crippen LogP contribution in [0.25, 0.3) is 11.0 Å². The molecule has 1 saturated heterocycles. The van der Waals surface area contributed by atoms with Gasteiger partial charge in [0.05, 0.1) is 29.6 Å². The van der Waals surface area contributed by atoms with E-state index in [1.807, 2.05) is 19.3 Å². The van der Waals surface area contributed by atoms with Crippen LogP contribution in [-0.2, 0) is 22.7 Å². The summed E-state index contributed by atoms with van der Waals surface area (Å²) in [6.07, 6.45) is 6.98. The molecule has 0 unspecified atom stereocenters. The van der Waals surface area contributed by atoms with Crippen molar-refractivity contribution < 1.29 is 13.6 Å². The van der Waals surface area contributed by atoms with E-state index in [1.54, 1.807) is 10.9 Å². The first kappa shape index (κ1) is 24.0. The van der Waals surface area contributed by atoms with Gasteiger partial charge in [-0.05, 0) is 43.5 Å². The van der Waals surface area contributed by atoms with Crippen molar-refractivity contribution in [3.63, 3.8) is 0 Å². The quantitative estimate of drug-likeness (QED) is 0.477. The molecule has 1 aliphatic carbocycles. The van der Waals surface area contributed by atoms with Crippen LogP contribution in [0.5, 0.6) is 0 Å². The maximum atomic E-state index is 12.9. The molecule has 1 amide bonds. The number of carbonyl (C=O) groups is 1. The van der Waals surface area contributed by atoms with Crippen LogP contribution in [0.15, 0.2) is 22.9 Å². The van der Waals surface area contributed by atoms with Gasteiger partial charge >= 0.3 is 0 Å². The monoisotopic (exact) mass is 496 g/mol. The van der Waals surface area contributed by atoms with E-state index in [2.05, 4.69) is 54.2 Å². The van der Waals surface area contributed by atoms with Gasteiger partial charge in [0.15, 0.2) is 14.0 Å². The highest BCUT2D eigenvalue weighted by Gasteiger charge is 2.41. The molecule has 0 spiro atoms. The molecule has 10 heteroatoms. The SMILES string of the molecule is Cn1cc2cc(NC(=O)Cc3coc(N4CC[C@H](O[Si](C)(C)C(C)(C)C)C4)n3)c(C3CC3)nc2n1. The summed E-state index contributed by atoms with van der Waals surface area (Å²) in [7, 11) is 0.0563. The first-order valence-corrected chi connectivity index (χ1v) is 15.4. The average Bonchev–Trinajstić information content (AvgIpc) is 3.13. The number of amides is 1. The molecular formula is C25H36N6O3Si. The van der Waals surface area contributed by atoms with E-state index in [-0.39, 0.29) is 23.5 Å². The number of hydrogen-bond acceptors (Lipinski definition) is 7. The molecule has 5 rings (SSSR count). The van der Waals surface area contributed by atoms with Gasteiger partial charge in [-0.1, -0.05) is 20.8 Å². The molecule has 188 valence electrons. The number of hydrogen-bond donors (Lipinski definition) is 1. The lowest BCUT2D eigenvalue weighted by atomic mass is 10.2. The number of rotatable bonds is 7. The summed E-state index contributed by atoms with van der Waals surface area (Å²) in [5, 5.41) is 8.56. The Bertz CT molecular complexity index is 1240. The van der Waals surface area contributed by atoms with E-state index in [1.165, 1.54) is 0 Å². The Hall–Kier alpha value is -2.72. The zero-order valence-electron chi connectivity index (χ0n) is 21.6. The third kappa shape index (κ3) is 5.13. The summed E-state index contributed by atoms with van der Waals surface area (Å²) in [6, 6.07) is 2.54. The zero-order valence-corrected chi connectivity index (χ0v) is 22.6. The number of fused-ring (bicyclic) bond motifs is 1. The van der Waals surface area contributed by atoms with Crippen molar-refractivity contribution in [2.45, 2.75) is 76.6 Å². The first-order chi connectivity index (χ1) is 16.5. The fourth-order valence-electron chi connectivity index (χ4n) is 4.33. The van der Waals surface area contributed by atoms with Gasteiger partial charge in [0.1, 0.15) is 6.26 Å². The molecule has 1 saturated carbocycles. The van der Waals surface area contributed by atoms with Crippen LogP contribution in [0, 0.1) is 0 Å². The Kier molecular flexibility index (Phi) is 5.99. The average molecular weight is 497 g/mol. The lowest BCUT2D eigenvalue weighted by Gasteiger charge is -2.38. The molecule has 2 fully saturated rings. The second kappa shape index (κ2) is 8.74. The van der Waals surface area contributed by atoms with Gasteiger partial charge in [-0.25, -0.2) is 4.98 Å². The minimum atomic E-state index is -1.82. The minimum absolute atomic E-state index is 0.127. The Morgan fingerprint density at radius 1 is 1.26 bits per heavy atom. The molecule has 0 bridgehead atoms. The number of pyridine rings is 1. The van der Waals surface area contributed by atoms with Crippen molar-refractivity contribution in [1.82, 2.24) is 19.7 Å². The molecule has 4 heterocycles. The van der Waals surface area contributed by atoms with E-state index >= 15 is 0 Å². The standard InChI is InChI=1S/C25H36N6O3Si/c1-25(2,3)35(5,6)34-19-9-10-31(14-19)24-26-18(15-33-24)12-21(32)27-20-11-17-13-30(4)29-23(17)28-22(20)16-7-8-16/h11,13,15-16,19H,7-10,12,14H2,1-6H3,(H,27,32)/t19-/m0/s1. The van der Waals surface area contributed by atoms with Crippen LogP contribution in [0.1, 0.15) is 57.3 Å². The number of aromatic nitrogens is 4. The molecule has 2 aliphatic rings. The molecule has 1 N–H and O–H groups in total. The molecule has 1 atom stereocenters. The maximum Gasteiger partial charge on any atom is 0.297 e. The normalized spacial score (nSPS) is 19.0. The van der Waals surface area contributed by atoms with Crippen molar-refractivity contribution in [3.8, 4) is 0 Å². The Labute approximate surface area is 207 Å². The van der Waals surface area contributed by atoms with Gasteiger partial charge < -0.3 is 19.1 Å². The molecular weight excluding hydrogens is 460 g/mol. The van der Waals surface area contributed by atoms with Crippen LogP contribution >= 0.6 is 0 Å². The molecule has 3 aromatic rings. The molecule has 9 nitrogen and oxygen atoms in total. The highest BCUT2D eigenvalue weighted by atomic mass is 28.4. The van der Waals surface area contributed by atoms with Crippen LogP contribution in [0.4, 0.5) is 11.7 Å². The molecule has 0 aromatic carbocycles. The summed E-state index contributed by atoms with van der Waals surface area (Å²) in [5.41, 5.74) is 3.03. The Morgan fingerprint density at radius 3 is 2.74 bits per heavy atom. The smallest absolute Gasteiger partial charge is 0.297 e. The minimum Gasteiger partial charge on any atom is -0.432 e. The van der Waals surface area contributed by atoms with Crippen molar-refractivity contribution >= 4 is 37.0 Å². The van der Waals surface area contributed by atoms with Gasteiger partial charge in [-0.3, -0.25) is 9.48 Å². The number of aryl methyl sites for hydroxylation is 1. The molecule has 1 aliphatic heterocycles. The number of nitrogens with one attached hydrogen (secondary N) is 1. The molecule has 35 heavy (non-hydrogen) atoms. The highest BCUT2D eigenvalue weighted by Crippen LogP contribution is 2.43.